The lowest BCUT2D eigenvalue weighted by Crippen LogP contribution is -2.08. The maximum absolute atomic E-state index is 9.28. The van der Waals surface area contributed by atoms with E-state index in [4.69, 9.17) is 23.2 Å². The molecule has 0 saturated carbocycles. The van der Waals surface area contributed by atoms with Crippen LogP contribution in [0, 0.1) is 6.92 Å². The highest BCUT2D eigenvalue weighted by Gasteiger charge is 2.12. The maximum Gasteiger partial charge on any atom is 0.154 e. The van der Waals surface area contributed by atoms with Gasteiger partial charge in [-0.3, -0.25) is 0 Å². The number of anilines is 1. The molecule has 0 radical (unpaired) electrons. The number of aromatic hydroxyl groups is 1. The van der Waals surface area contributed by atoms with Crippen molar-refractivity contribution in [3.8, 4) is 5.75 Å². The van der Waals surface area contributed by atoms with Gasteiger partial charge in [0.05, 0.1) is 5.69 Å². The van der Waals surface area contributed by atoms with Gasteiger partial charge in [-0.15, -0.1) is 0 Å². The zero-order valence-electron chi connectivity index (χ0n) is 10.6. The van der Waals surface area contributed by atoms with Gasteiger partial charge in [0.1, 0.15) is 10.9 Å². The summed E-state index contributed by atoms with van der Waals surface area (Å²) in [6, 6.07) is 8.84. The van der Waals surface area contributed by atoms with Crippen LogP contribution in [-0.4, -0.2) is 10.1 Å². The normalized spacial score (nSPS) is 12.2. The second kappa shape index (κ2) is 5.68. The van der Waals surface area contributed by atoms with Crippen LogP contribution in [0.4, 0.5) is 5.69 Å². The third kappa shape index (κ3) is 3.31. The molecular formula is C14H14Cl2N2O. The molecule has 2 aromatic rings. The Labute approximate surface area is 122 Å². The number of pyridine rings is 1. The smallest absolute Gasteiger partial charge is 0.154 e. The Hall–Kier alpha value is -1.45. The average molecular weight is 297 g/mol. The number of nitrogens with zero attached hydrogens (tertiary/aromatic N) is 1. The zero-order chi connectivity index (χ0) is 14.0. The van der Waals surface area contributed by atoms with Crippen molar-refractivity contribution in [2.45, 2.75) is 19.9 Å². The van der Waals surface area contributed by atoms with Crippen molar-refractivity contribution in [1.82, 2.24) is 4.98 Å². The van der Waals surface area contributed by atoms with Gasteiger partial charge < -0.3 is 10.4 Å². The average Bonchev–Trinajstić information content (AvgIpc) is 2.34. The van der Waals surface area contributed by atoms with Gasteiger partial charge in [-0.1, -0.05) is 35.3 Å². The Bertz CT molecular complexity index is 561. The number of benzene rings is 1. The minimum absolute atomic E-state index is 0.0415. The minimum atomic E-state index is 0.0415. The molecule has 1 aromatic carbocycles. The van der Waals surface area contributed by atoms with Crippen LogP contribution >= 0.6 is 23.2 Å². The molecule has 5 heteroatoms. The van der Waals surface area contributed by atoms with Crippen molar-refractivity contribution in [2.24, 2.45) is 0 Å². The van der Waals surface area contributed by atoms with E-state index < -0.39 is 0 Å². The molecule has 1 aromatic heterocycles. The van der Waals surface area contributed by atoms with E-state index in [2.05, 4.69) is 10.3 Å². The van der Waals surface area contributed by atoms with Crippen LogP contribution in [0.2, 0.25) is 10.3 Å². The zero-order valence-corrected chi connectivity index (χ0v) is 12.1. The van der Waals surface area contributed by atoms with Crippen LogP contribution in [0.1, 0.15) is 24.1 Å². The summed E-state index contributed by atoms with van der Waals surface area (Å²) in [7, 11) is 0. The molecule has 0 bridgehead atoms. The third-order valence-corrected chi connectivity index (χ3v) is 3.36. The molecule has 0 aliphatic carbocycles. The molecule has 0 amide bonds. The largest absolute Gasteiger partial charge is 0.508 e. The van der Waals surface area contributed by atoms with Gasteiger partial charge in [-0.05, 0) is 43.2 Å². The summed E-state index contributed by atoms with van der Waals surface area (Å²) >= 11 is 11.9. The first kappa shape index (κ1) is 14.0. The Morgan fingerprint density at radius 1 is 1.21 bits per heavy atom. The van der Waals surface area contributed by atoms with E-state index in [1.165, 1.54) is 0 Å². The summed E-state index contributed by atoms with van der Waals surface area (Å²) in [5.41, 5.74) is 2.76. The predicted octanol–water partition coefficient (Wildman–Crippen LogP) is 4.58. The molecule has 2 N–H and O–H groups in total. The topological polar surface area (TPSA) is 45.2 Å². The van der Waals surface area contributed by atoms with Gasteiger partial charge in [-0.25, -0.2) is 4.98 Å². The third-order valence-electron chi connectivity index (χ3n) is 2.90. The molecule has 1 unspecified atom stereocenters. The number of nitrogens with one attached hydrogen (secondary N) is 1. The van der Waals surface area contributed by atoms with E-state index in [0.717, 1.165) is 16.8 Å². The maximum atomic E-state index is 9.28. The molecule has 1 heterocycles. The van der Waals surface area contributed by atoms with Crippen LogP contribution in [0.15, 0.2) is 30.3 Å². The monoisotopic (exact) mass is 296 g/mol. The summed E-state index contributed by atoms with van der Waals surface area (Å²) in [5.74, 6) is 0.248. The van der Waals surface area contributed by atoms with Crippen molar-refractivity contribution >= 4 is 28.9 Å². The second-order valence-electron chi connectivity index (χ2n) is 4.39. The molecule has 2 rings (SSSR count). The van der Waals surface area contributed by atoms with Gasteiger partial charge >= 0.3 is 0 Å². The Morgan fingerprint density at radius 3 is 2.42 bits per heavy atom. The Balaban J connectivity index is 2.24. The minimum Gasteiger partial charge on any atom is -0.508 e. The lowest BCUT2D eigenvalue weighted by molar-refractivity contribution is 0.475. The van der Waals surface area contributed by atoms with Gasteiger partial charge in [0.25, 0.3) is 0 Å². The van der Waals surface area contributed by atoms with Crippen LogP contribution in [0.25, 0.3) is 0 Å². The van der Waals surface area contributed by atoms with Gasteiger partial charge in [0.2, 0.25) is 0 Å². The van der Waals surface area contributed by atoms with Gasteiger partial charge in [0, 0.05) is 6.04 Å². The predicted molar refractivity (Wildman–Crippen MR) is 79.1 cm³/mol. The van der Waals surface area contributed by atoms with E-state index >= 15 is 0 Å². The molecule has 0 fully saturated rings. The number of hydrogen-bond acceptors (Lipinski definition) is 3. The molecule has 1 atom stereocenters. The van der Waals surface area contributed by atoms with Crippen molar-refractivity contribution in [1.29, 1.82) is 0 Å². The van der Waals surface area contributed by atoms with E-state index in [-0.39, 0.29) is 11.8 Å². The van der Waals surface area contributed by atoms with E-state index in [9.17, 15) is 5.11 Å². The first-order chi connectivity index (χ1) is 8.97. The van der Waals surface area contributed by atoms with Crippen molar-refractivity contribution in [2.75, 3.05) is 5.32 Å². The summed E-state index contributed by atoms with van der Waals surface area (Å²) in [6.45, 7) is 3.93. The summed E-state index contributed by atoms with van der Waals surface area (Å²) in [5, 5.41) is 13.3. The standard InChI is InChI=1S/C14H14Cl2N2O/c1-8-7-12(15)18-14(16)13(8)17-9(2)10-3-5-11(19)6-4-10/h3-7,9,17,19H,1-2H3. The van der Waals surface area contributed by atoms with E-state index in [1.54, 1.807) is 18.2 Å². The number of hydrogen-bond donors (Lipinski definition) is 2. The lowest BCUT2D eigenvalue weighted by Gasteiger charge is -2.18. The molecule has 0 spiro atoms. The second-order valence-corrected chi connectivity index (χ2v) is 5.13. The van der Waals surface area contributed by atoms with Crippen LogP contribution < -0.4 is 5.32 Å². The number of halogens is 2. The van der Waals surface area contributed by atoms with E-state index in [0.29, 0.717) is 10.3 Å². The van der Waals surface area contributed by atoms with Crippen molar-refractivity contribution in [3.05, 3.63) is 51.8 Å². The Morgan fingerprint density at radius 2 is 1.84 bits per heavy atom. The van der Waals surface area contributed by atoms with Crippen LogP contribution in [0.5, 0.6) is 5.75 Å². The first-order valence-corrected chi connectivity index (χ1v) is 6.61. The Kier molecular flexibility index (Phi) is 4.17. The fraction of sp³-hybridized carbons (Fsp3) is 0.214. The first-order valence-electron chi connectivity index (χ1n) is 5.85. The number of phenolic OH excluding ortho intramolecular Hbond substituents is 1. The number of phenols is 1. The number of aromatic nitrogens is 1. The lowest BCUT2D eigenvalue weighted by atomic mass is 10.1. The molecule has 19 heavy (non-hydrogen) atoms. The highest BCUT2D eigenvalue weighted by molar-refractivity contribution is 6.34. The SMILES string of the molecule is Cc1cc(Cl)nc(Cl)c1NC(C)c1ccc(O)cc1. The summed E-state index contributed by atoms with van der Waals surface area (Å²) in [6.07, 6.45) is 0. The molecule has 3 nitrogen and oxygen atoms in total. The molecular weight excluding hydrogens is 283 g/mol. The summed E-state index contributed by atoms with van der Waals surface area (Å²) in [4.78, 5) is 4.02. The number of rotatable bonds is 3. The fourth-order valence-electron chi connectivity index (χ4n) is 1.83. The van der Waals surface area contributed by atoms with Crippen LogP contribution in [-0.2, 0) is 0 Å². The molecule has 0 aliphatic rings. The van der Waals surface area contributed by atoms with Crippen LogP contribution in [0.3, 0.4) is 0 Å². The van der Waals surface area contributed by atoms with Gasteiger partial charge in [0.15, 0.2) is 5.15 Å². The quantitative estimate of drug-likeness (QED) is 0.815. The summed E-state index contributed by atoms with van der Waals surface area (Å²) < 4.78 is 0. The highest BCUT2D eigenvalue weighted by Crippen LogP contribution is 2.30. The number of aryl methyl sites for hydroxylation is 1. The van der Waals surface area contributed by atoms with Crippen molar-refractivity contribution in [3.63, 3.8) is 0 Å². The van der Waals surface area contributed by atoms with E-state index in [1.807, 2.05) is 26.0 Å². The highest BCUT2D eigenvalue weighted by atomic mass is 35.5. The molecule has 0 saturated heterocycles. The molecule has 100 valence electrons. The fourth-order valence-corrected chi connectivity index (χ4v) is 2.42. The molecule has 0 aliphatic heterocycles. The van der Waals surface area contributed by atoms with Gasteiger partial charge in [-0.2, -0.15) is 0 Å². The van der Waals surface area contributed by atoms with Crippen molar-refractivity contribution < 1.29 is 5.11 Å².